The minimum Gasteiger partial charge on any atom is -0.378 e. The molecule has 2 aromatic rings. The highest BCUT2D eigenvalue weighted by molar-refractivity contribution is 6.30. The van der Waals surface area contributed by atoms with Crippen LogP contribution in [-0.4, -0.2) is 40.1 Å². The van der Waals surface area contributed by atoms with E-state index in [0.717, 1.165) is 31.6 Å². The third-order valence-corrected chi connectivity index (χ3v) is 4.43. The third-order valence-electron chi connectivity index (χ3n) is 4.19. The molecule has 0 N–H and O–H groups in total. The molecule has 1 aromatic heterocycles. The van der Waals surface area contributed by atoms with E-state index < -0.39 is 0 Å². The van der Waals surface area contributed by atoms with Crippen molar-refractivity contribution in [3.8, 4) is 0 Å². The van der Waals surface area contributed by atoms with Gasteiger partial charge in [0.1, 0.15) is 11.5 Å². The number of hydrogen-bond acceptors (Lipinski definition) is 4. The lowest BCUT2D eigenvalue weighted by molar-refractivity contribution is 0.170. The van der Waals surface area contributed by atoms with Crippen molar-refractivity contribution >= 4 is 11.6 Å². The van der Waals surface area contributed by atoms with Crippen LogP contribution in [0.4, 0.5) is 4.39 Å². The van der Waals surface area contributed by atoms with Crippen molar-refractivity contribution in [3.63, 3.8) is 0 Å². The topological polar surface area (TPSA) is 43.2 Å². The molecule has 0 spiro atoms. The summed E-state index contributed by atoms with van der Waals surface area (Å²) in [7, 11) is 1.65. The molecule has 1 aromatic carbocycles. The van der Waals surface area contributed by atoms with Crippen LogP contribution in [0.1, 0.15) is 30.1 Å². The summed E-state index contributed by atoms with van der Waals surface area (Å²) in [5.41, 5.74) is 1.54. The number of halogens is 2. The summed E-state index contributed by atoms with van der Waals surface area (Å²) in [4.78, 5) is 2.26. The molecule has 23 heavy (non-hydrogen) atoms. The fourth-order valence-electron chi connectivity index (χ4n) is 2.94. The van der Waals surface area contributed by atoms with Crippen molar-refractivity contribution in [3.05, 3.63) is 46.5 Å². The highest BCUT2D eigenvalue weighted by atomic mass is 35.5. The highest BCUT2D eigenvalue weighted by Gasteiger charge is 2.22. The van der Waals surface area contributed by atoms with Gasteiger partial charge < -0.3 is 4.74 Å². The molecule has 0 aliphatic carbocycles. The number of piperidine rings is 1. The van der Waals surface area contributed by atoms with Gasteiger partial charge in [0.05, 0.1) is 18.8 Å². The highest BCUT2D eigenvalue weighted by Crippen LogP contribution is 2.24. The van der Waals surface area contributed by atoms with Crippen LogP contribution in [0, 0.1) is 5.82 Å². The number of aromatic nitrogens is 3. The molecule has 0 saturated carbocycles. The second-order valence-electron chi connectivity index (χ2n) is 5.87. The Bertz CT molecular complexity index is 655. The molecule has 0 atom stereocenters. The Labute approximate surface area is 140 Å². The van der Waals surface area contributed by atoms with Gasteiger partial charge in [-0.2, -0.15) is 0 Å². The lowest BCUT2D eigenvalue weighted by Gasteiger charge is -2.31. The first kappa shape index (κ1) is 16.4. The van der Waals surface area contributed by atoms with Crippen LogP contribution in [0.25, 0.3) is 0 Å². The number of methoxy groups -OCH3 is 1. The molecule has 1 saturated heterocycles. The zero-order valence-corrected chi connectivity index (χ0v) is 13.8. The van der Waals surface area contributed by atoms with Gasteiger partial charge in [-0.25, -0.2) is 9.07 Å². The lowest BCUT2D eigenvalue weighted by atomic mass is 10.0. The Balaban J connectivity index is 1.55. The number of nitrogens with zero attached hydrogens (tertiary/aromatic N) is 4. The molecule has 7 heteroatoms. The second kappa shape index (κ2) is 7.38. The van der Waals surface area contributed by atoms with Crippen molar-refractivity contribution in [1.82, 2.24) is 19.9 Å². The quantitative estimate of drug-likeness (QED) is 0.840. The Morgan fingerprint density at radius 3 is 2.83 bits per heavy atom. The van der Waals surface area contributed by atoms with Crippen molar-refractivity contribution in [1.29, 1.82) is 0 Å². The molecule has 0 bridgehead atoms. The molecule has 0 amide bonds. The number of ether oxygens (including phenoxy) is 1. The number of benzene rings is 1. The van der Waals surface area contributed by atoms with Crippen LogP contribution in [0.15, 0.2) is 24.4 Å². The molecule has 1 aliphatic heterocycles. The molecule has 0 unspecified atom stereocenters. The zero-order chi connectivity index (χ0) is 16.2. The van der Waals surface area contributed by atoms with Gasteiger partial charge in [0.15, 0.2) is 0 Å². The Kier molecular flexibility index (Phi) is 5.25. The van der Waals surface area contributed by atoms with Crippen LogP contribution >= 0.6 is 11.6 Å². The van der Waals surface area contributed by atoms with Crippen molar-refractivity contribution in [2.45, 2.75) is 32.0 Å². The van der Waals surface area contributed by atoms with E-state index in [1.165, 1.54) is 6.07 Å². The Hall–Kier alpha value is -1.50. The first-order chi connectivity index (χ1) is 11.2. The molecule has 2 heterocycles. The first-order valence-corrected chi connectivity index (χ1v) is 8.09. The van der Waals surface area contributed by atoms with Gasteiger partial charge in [-0.05, 0) is 25.0 Å². The predicted octanol–water partition coefficient (Wildman–Crippen LogP) is 3.05. The molecule has 124 valence electrons. The lowest BCUT2D eigenvalue weighted by Crippen LogP contribution is -2.34. The maximum atomic E-state index is 13.9. The molecule has 5 nitrogen and oxygen atoms in total. The summed E-state index contributed by atoms with van der Waals surface area (Å²) in [6.45, 7) is 2.91. The number of likely N-dealkylation sites (tertiary alicyclic amines) is 1. The van der Waals surface area contributed by atoms with E-state index in [4.69, 9.17) is 16.3 Å². The standard InChI is InChI=1S/C16H20ClFN4O/c1-23-11-14-10-22(20-19-14)15-4-6-21(7-5-15)9-12-2-3-13(17)8-16(12)18/h2-3,8,10,15H,4-7,9,11H2,1H3. The predicted molar refractivity (Wildman–Crippen MR) is 85.7 cm³/mol. The fraction of sp³-hybridized carbons (Fsp3) is 0.500. The summed E-state index contributed by atoms with van der Waals surface area (Å²) >= 11 is 5.79. The van der Waals surface area contributed by atoms with Crippen molar-refractivity contribution in [2.24, 2.45) is 0 Å². The fourth-order valence-corrected chi connectivity index (χ4v) is 3.10. The minimum absolute atomic E-state index is 0.236. The Morgan fingerprint density at radius 2 is 2.13 bits per heavy atom. The average Bonchev–Trinajstić information content (AvgIpc) is 3.00. The maximum Gasteiger partial charge on any atom is 0.129 e. The van der Waals surface area contributed by atoms with Crippen LogP contribution in [0.2, 0.25) is 5.02 Å². The first-order valence-electron chi connectivity index (χ1n) is 7.71. The molecule has 1 aliphatic rings. The van der Waals surface area contributed by atoms with Crippen LogP contribution < -0.4 is 0 Å². The van der Waals surface area contributed by atoms with Gasteiger partial charge in [0.2, 0.25) is 0 Å². The average molecular weight is 339 g/mol. The van der Waals surface area contributed by atoms with E-state index in [9.17, 15) is 4.39 Å². The molecular weight excluding hydrogens is 319 g/mol. The van der Waals surface area contributed by atoms with Crippen molar-refractivity contribution in [2.75, 3.05) is 20.2 Å². The summed E-state index contributed by atoms with van der Waals surface area (Å²) in [6.07, 6.45) is 3.90. The van der Waals surface area contributed by atoms with E-state index in [1.54, 1.807) is 19.2 Å². The van der Waals surface area contributed by atoms with Gasteiger partial charge in [-0.15, -0.1) is 5.10 Å². The normalized spacial score (nSPS) is 16.8. The van der Waals surface area contributed by atoms with Crippen molar-refractivity contribution < 1.29 is 9.13 Å². The van der Waals surface area contributed by atoms with Gasteiger partial charge in [0.25, 0.3) is 0 Å². The summed E-state index contributed by atoms with van der Waals surface area (Å²) < 4.78 is 20.9. The Morgan fingerprint density at radius 1 is 1.35 bits per heavy atom. The summed E-state index contributed by atoms with van der Waals surface area (Å²) in [5, 5.41) is 8.72. The number of rotatable bonds is 5. The van der Waals surface area contributed by atoms with E-state index in [-0.39, 0.29) is 5.82 Å². The van der Waals surface area contributed by atoms with E-state index in [0.29, 0.717) is 29.8 Å². The monoisotopic (exact) mass is 338 g/mol. The number of hydrogen-bond donors (Lipinski definition) is 0. The third kappa shape index (κ3) is 4.07. The molecular formula is C16H20ClFN4O. The molecule has 1 fully saturated rings. The second-order valence-corrected chi connectivity index (χ2v) is 6.30. The molecule has 0 radical (unpaired) electrons. The van der Waals surface area contributed by atoms with Crippen LogP contribution in [0.5, 0.6) is 0 Å². The van der Waals surface area contributed by atoms with E-state index >= 15 is 0 Å². The summed E-state index contributed by atoms with van der Waals surface area (Å²) in [5.74, 6) is -0.236. The SMILES string of the molecule is COCc1cn(C2CCN(Cc3ccc(Cl)cc3F)CC2)nn1. The largest absolute Gasteiger partial charge is 0.378 e. The minimum atomic E-state index is -0.236. The van der Waals surface area contributed by atoms with E-state index in [1.807, 2.05) is 10.9 Å². The molecule has 3 rings (SSSR count). The maximum absolute atomic E-state index is 13.9. The smallest absolute Gasteiger partial charge is 0.129 e. The van der Waals surface area contributed by atoms with Gasteiger partial charge in [-0.3, -0.25) is 4.90 Å². The van der Waals surface area contributed by atoms with Crippen LogP contribution in [-0.2, 0) is 17.9 Å². The van der Waals surface area contributed by atoms with Gasteiger partial charge in [-0.1, -0.05) is 22.9 Å². The van der Waals surface area contributed by atoms with Gasteiger partial charge >= 0.3 is 0 Å². The zero-order valence-electron chi connectivity index (χ0n) is 13.1. The van der Waals surface area contributed by atoms with Crippen LogP contribution in [0.3, 0.4) is 0 Å². The summed E-state index contributed by atoms with van der Waals surface area (Å²) in [6, 6.07) is 5.22. The van der Waals surface area contributed by atoms with E-state index in [2.05, 4.69) is 15.2 Å². The van der Waals surface area contributed by atoms with Gasteiger partial charge in [0, 0.05) is 37.3 Å².